The van der Waals surface area contributed by atoms with Crippen LogP contribution in [0, 0.1) is 0 Å². The molecule has 24 heteroatoms. The normalized spacial score (nSPS) is 13.5. The van der Waals surface area contributed by atoms with Crippen LogP contribution in [0.2, 0.25) is 0 Å². The summed E-state index contributed by atoms with van der Waals surface area (Å²) in [6.45, 7) is 0.419. The highest BCUT2D eigenvalue weighted by atomic mass is 19.4. The van der Waals surface area contributed by atoms with Gasteiger partial charge in [0.25, 0.3) is 22.9 Å². The molecule has 2 aromatic carbocycles. The molecule has 0 saturated carbocycles. The van der Waals surface area contributed by atoms with Crippen molar-refractivity contribution in [3.8, 4) is 11.8 Å². The van der Waals surface area contributed by atoms with Gasteiger partial charge in [0.2, 0.25) is 11.8 Å². The highest BCUT2D eigenvalue weighted by Gasteiger charge is 2.36. The van der Waals surface area contributed by atoms with Crippen molar-refractivity contribution in [1.29, 1.82) is 0 Å². The number of halogens is 6. The molecule has 4 aromatic rings. The number of aromatic hydroxyl groups is 2. The van der Waals surface area contributed by atoms with E-state index in [0.717, 1.165) is 18.2 Å². The lowest BCUT2D eigenvalue weighted by Gasteiger charge is -2.15. The molecule has 0 unspecified atom stereocenters. The fourth-order valence-electron chi connectivity index (χ4n) is 4.79. The van der Waals surface area contributed by atoms with E-state index in [1.54, 1.807) is 19.9 Å². The molecule has 2 aromatic heterocycles. The Hall–Kier alpha value is -7.40. The van der Waals surface area contributed by atoms with Gasteiger partial charge < -0.3 is 20.8 Å². The molecule has 0 spiro atoms. The predicted octanol–water partition coefficient (Wildman–Crippen LogP) is 3.69. The van der Waals surface area contributed by atoms with Crippen molar-refractivity contribution in [2.45, 2.75) is 12.4 Å². The van der Waals surface area contributed by atoms with Crippen LogP contribution in [0.25, 0.3) is 11.4 Å². The number of rotatable bonds is 6. The second kappa shape index (κ2) is 14.7. The Bertz CT molecular complexity index is 2550. The van der Waals surface area contributed by atoms with Gasteiger partial charge >= 0.3 is 23.7 Å². The smallest absolute Gasteiger partial charge is 0.418 e. The minimum absolute atomic E-state index is 0.0509. The predicted molar refractivity (Wildman–Crippen MR) is 173 cm³/mol. The van der Waals surface area contributed by atoms with E-state index in [1.807, 2.05) is 5.32 Å². The lowest BCUT2D eigenvalue weighted by Crippen LogP contribution is -2.30. The van der Waals surface area contributed by atoms with Crippen LogP contribution in [0.5, 0.6) is 11.8 Å². The fourth-order valence-corrected chi connectivity index (χ4v) is 4.79. The van der Waals surface area contributed by atoms with E-state index < -0.39 is 86.4 Å². The summed E-state index contributed by atoms with van der Waals surface area (Å²) in [6, 6.07) is 6.00. The van der Waals surface area contributed by atoms with Gasteiger partial charge in [0, 0.05) is 16.8 Å². The number of carbonyl (C=O) groups is 2. The van der Waals surface area contributed by atoms with E-state index in [1.165, 1.54) is 24.3 Å². The molecule has 0 saturated heterocycles. The first-order valence-corrected chi connectivity index (χ1v) is 14.7. The van der Waals surface area contributed by atoms with Gasteiger partial charge in [-0.05, 0) is 36.4 Å². The minimum atomic E-state index is -4.83. The maximum absolute atomic E-state index is 13.4. The molecule has 0 radical (unpaired) electrons. The maximum atomic E-state index is 13.4. The Morgan fingerprint density at radius 2 is 1.17 bits per heavy atom. The number of nitrogens with one attached hydrogen (secondary N) is 6. The van der Waals surface area contributed by atoms with Crippen molar-refractivity contribution in [2.24, 2.45) is 20.5 Å². The molecular formula is C30H20F6N10O8. The summed E-state index contributed by atoms with van der Waals surface area (Å²) < 4.78 is 80.3. The summed E-state index contributed by atoms with van der Waals surface area (Å²) in [7, 11) is 0. The van der Waals surface area contributed by atoms with Gasteiger partial charge in [-0.25, -0.2) is 9.59 Å². The molecule has 2 aliphatic heterocycles. The first-order chi connectivity index (χ1) is 25.3. The average Bonchev–Trinajstić information content (AvgIpc) is 3.79. The number of nitrogens with zero attached hydrogens (tertiary/aromatic N) is 4. The van der Waals surface area contributed by atoms with Crippen LogP contribution in [-0.2, 0) is 12.4 Å². The highest BCUT2D eigenvalue weighted by molar-refractivity contribution is 6.06. The van der Waals surface area contributed by atoms with Crippen LogP contribution in [-0.4, -0.2) is 55.1 Å². The van der Waals surface area contributed by atoms with Crippen LogP contribution >= 0.6 is 0 Å². The highest BCUT2D eigenvalue weighted by Crippen LogP contribution is 2.39. The van der Waals surface area contributed by atoms with Crippen LogP contribution in [0.3, 0.4) is 0 Å². The van der Waals surface area contributed by atoms with E-state index in [2.05, 4.69) is 25.8 Å². The molecule has 0 bridgehead atoms. The Morgan fingerprint density at radius 3 is 1.65 bits per heavy atom. The number of benzene rings is 2. The SMILES string of the molecule is O=C(Nc1ccc(C2=CCN=N2)c(C(F)(F)F)c1)c1c(O)[nH]c(=O)[nH]c1=O.O=C(Nc1ccc(C2=CCN=N2)cc1C(F)(F)F)c1c(O)[nH]c(=O)[nH]c1=O. The Morgan fingerprint density at radius 1 is 0.648 bits per heavy atom. The van der Waals surface area contributed by atoms with Gasteiger partial charge in [0.15, 0.2) is 11.1 Å². The number of hydrogen-bond donors (Lipinski definition) is 8. The first-order valence-electron chi connectivity index (χ1n) is 14.7. The molecule has 8 N–H and O–H groups in total. The molecule has 280 valence electrons. The zero-order valence-electron chi connectivity index (χ0n) is 26.4. The quantitative estimate of drug-likeness (QED) is 0.134. The largest absolute Gasteiger partial charge is 0.494 e. The Balaban J connectivity index is 0.000000208. The summed E-state index contributed by atoms with van der Waals surface area (Å²) in [6.07, 6.45) is -6.62. The van der Waals surface area contributed by atoms with Crippen molar-refractivity contribution in [3.05, 3.63) is 124 Å². The monoisotopic (exact) mass is 762 g/mol. The van der Waals surface area contributed by atoms with E-state index in [-0.39, 0.29) is 41.3 Å². The zero-order valence-corrected chi connectivity index (χ0v) is 26.4. The summed E-state index contributed by atoms with van der Waals surface area (Å²) in [5.74, 6) is -4.61. The second-order valence-corrected chi connectivity index (χ2v) is 10.7. The lowest BCUT2D eigenvalue weighted by atomic mass is 10.0. The third-order valence-electron chi connectivity index (χ3n) is 7.12. The Kier molecular flexibility index (Phi) is 10.3. The molecule has 2 amide bonds. The molecule has 0 aliphatic carbocycles. The molecule has 0 atom stereocenters. The molecular weight excluding hydrogens is 742 g/mol. The van der Waals surface area contributed by atoms with E-state index in [0.29, 0.717) is 6.07 Å². The molecule has 54 heavy (non-hydrogen) atoms. The summed E-state index contributed by atoms with van der Waals surface area (Å²) in [4.78, 5) is 76.6. The number of azo groups is 2. The van der Waals surface area contributed by atoms with Gasteiger partial charge in [-0.1, -0.05) is 12.1 Å². The molecule has 6 rings (SSSR count). The second-order valence-electron chi connectivity index (χ2n) is 10.7. The van der Waals surface area contributed by atoms with Crippen LogP contribution in [0.15, 0.2) is 88.2 Å². The summed E-state index contributed by atoms with van der Waals surface area (Å²) in [5, 5.41) is 37.7. The molecule has 0 fully saturated rings. The topological polar surface area (TPSA) is 280 Å². The fraction of sp³-hybridized carbons (Fsp3) is 0.133. The molecule has 18 nitrogen and oxygen atoms in total. The third-order valence-corrected chi connectivity index (χ3v) is 7.12. The van der Waals surface area contributed by atoms with Crippen molar-refractivity contribution >= 4 is 34.6 Å². The van der Waals surface area contributed by atoms with Gasteiger partial charge in [-0.15, -0.1) is 0 Å². The number of anilines is 2. The Labute approximate surface area is 292 Å². The number of carbonyl (C=O) groups excluding carboxylic acids is 2. The van der Waals surface area contributed by atoms with Gasteiger partial charge in [0.05, 0.1) is 41.3 Å². The van der Waals surface area contributed by atoms with Crippen LogP contribution in [0.1, 0.15) is 43.0 Å². The number of aromatic nitrogens is 4. The number of amides is 2. The lowest BCUT2D eigenvalue weighted by molar-refractivity contribution is -0.138. The minimum Gasteiger partial charge on any atom is -0.494 e. The van der Waals surface area contributed by atoms with Gasteiger partial charge in [-0.2, -0.15) is 46.8 Å². The molecule has 4 heterocycles. The van der Waals surface area contributed by atoms with Crippen LogP contribution in [0.4, 0.5) is 37.7 Å². The van der Waals surface area contributed by atoms with Crippen molar-refractivity contribution in [1.82, 2.24) is 19.9 Å². The number of aromatic amines is 4. The summed E-state index contributed by atoms with van der Waals surface area (Å²) in [5.41, 5.74) is -9.28. The van der Waals surface area contributed by atoms with Crippen molar-refractivity contribution in [2.75, 3.05) is 23.7 Å². The van der Waals surface area contributed by atoms with Crippen molar-refractivity contribution in [3.63, 3.8) is 0 Å². The summed E-state index contributed by atoms with van der Waals surface area (Å²) >= 11 is 0. The van der Waals surface area contributed by atoms with E-state index in [4.69, 9.17) is 0 Å². The zero-order chi connectivity index (χ0) is 39.5. The number of H-pyrrole nitrogens is 4. The van der Waals surface area contributed by atoms with Crippen molar-refractivity contribution < 1.29 is 46.1 Å². The standard InChI is InChI=1S/2C15H10F3N5O4/c16-15(17,18)7-5-6(8-3-4-19-23-8)1-2-9(7)20-11(24)10-12(25)21-14(27)22-13(10)26;16-15(17,18)8-5-6(1-2-7(8)9-3-4-19-23-9)20-11(24)10-12(25)21-14(27)22-13(10)26/h2*1-3,5H,4H2,(H,20,24)(H3,21,22,25,26,27). The van der Waals surface area contributed by atoms with Gasteiger partial charge in [-0.3, -0.25) is 39.1 Å². The average molecular weight is 763 g/mol. The number of hydrogen-bond acceptors (Lipinski definition) is 12. The third kappa shape index (κ3) is 8.38. The first kappa shape index (κ1) is 37.8. The van der Waals surface area contributed by atoms with Gasteiger partial charge in [0.1, 0.15) is 0 Å². The maximum Gasteiger partial charge on any atom is 0.418 e. The number of alkyl halides is 6. The molecule has 2 aliphatic rings. The van der Waals surface area contributed by atoms with E-state index >= 15 is 0 Å². The van der Waals surface area contributed by atoms with E-state index in [9.17, 15) is 65.3 Å². The van der Waals surface area contributed by atoms with Crippen LogP contribution < -0.4 is 33.1 Å².